The van der Waals surface area contributed by atoms with Gasteiger partial charge in [0.2, 0.25) is 0 Å². The molecule has 0 radical (unpaired) electrons. The zero-order valence-corrected chi connectivity index (χ0v) is 13.4. The molecule has 3 aromatic heterocycles. The van der Waals surface area contributed by atoms with Gasteiger partial charge in [-0.15, -0.1) is 0 Å². The minimum Gasteiger partial charge on any atom is -0.370 e. The first-order chi connectivity index (χ1) is 12.3. The Hall–Kier alpha value is -3.28. The van der Waals surface area contributed by atoms with Gasteiger partial charge < -0.3 is 10.3 Å². The first-order valence-corrected chi connectivity index (χ1v) is 8.02. The van der Waals surface area contributed by atoms with Crippen LogP contribution in [0.5, 0.6) is 0 Å². The number of rotatable bonds is 5. The van der Waals surface area contributed by atoms with Crippen LogP contribution in [0.15, 0.2) is 61.2 Å². The minimum absolute atomic E-state index is 0.404. The number of halogens is 1. The van der Waals surface area contributed by atoms with E-state index in [9.17, 15) is 4.39 Å². The Morgan fingerprint density at radius 3 is 2.96 bits per heavy atom. The van der Waals surface area contributed by atoms with Crippen LogP contribution in [0.3, 0.4) is 0 Å². The van der Waals surface area contributed by atoms with Crippen molar-refractivity contribution >= 4 is 16.7 Å². The summed E-state index contributed by atoms with van der Waals surface area (Å²) < 4.78 is 13.3. The van der Waals surface area contributed by atoms with Crippen LogP contribution in [0.2, 0.25) is 0 Å². The Morgan fingerprint density at radius 1 is 1.12 bits per heavy atom. The molecule has 0 aliphatic carbocycles. The van der Waals surface area contributed by atoms with Gasteiger partial charge in [-0.2, -0.15) is 0 Å². The molecule has 124 valence electrons. The Morgan fingerprint density at radius 2 is 2.04 bits per heavy atom. The van der Waals surface area contributed by atoms with Crippen LogP contribution in [0, 0.1) is 5.82 Å². The Balaban J connectivity index is 1.46. The van der Waals surface area contributed by atoms with Gasteiger partial charge in [0.25, 0.3) is 0 Å². The van der Waals surface area contributed by atoms with E-state index in [2.05, 4.69) is 37.4 Å². The van der Waals surface area contributed by atoms with E-state index in [1.54, 1.807) is 18.5 Å². The highest BCUT2D eigenvalue weighted by Gasteiger charge is 2.06. The van der Waals surface area contributed by atoms with E-state index in [1.807, 2.05) is 18.3 Å². The number of fused-ring (bicyclic) bond motifs is 1. The van der Waals surface area contributed by atoms with E-state index in [-0.39, 0.29) is 0 Å². The molecule has 0 aliphatic heterocycles. The molecule has 6 heteroatoms. The van der Waals surface area contributed by atoms with E-state index >= 15 is 0 Å². The summed E-state index contributed by atoms with van der Waals surface area (Å²) in [6, 6.07) is 11.4. The molecule has 0 saturated heterocycles. The number of hydrogen-bond donors (Lipinski definition) is 2. The molecular formula is C19H16FN5. The molecule has 5 nitrogen and oxygen atoms in total. The van der Waals surface area contributed by atoms with Crippen LogP contribution >= 0.6 is 0 Å². The van der Waals surface area contributed by atoms with Gasteiger partial charge in [0.05, 0.1) is 6.20 Å². The molecule has 0 fully saturated rings. The van der Waals surface area contributed by atoms with Gasteiger partial charge in [-0.3, -0.25) is 4.98 Å². The molecule has 0 aliphatic rings. The number of benzene rings is 1. The van der Waals surface area contributed by atoms with Crippen molar-refractivity contribution in [2.24, 2.45) is 0 Å². The predicted octanol–water partition coefficient (Wildman–Crippen LogP) is 3.81. The monoisotopic (exact) mass is 333 g/mol. The predicted molar refractivity (Wildman–Crippen MR) is 95.7 cm³/mol. The van der Waals surface area contributed by atoms with E-state index < -0.39 is 5.82 Å². The van der Waals surface area contributed by atoms with Gasteiger partial charge in [0.1, 0.15) is 11.6 Å². The zero-order valence-electron chi connectivity index (χ0n) is 13.4. The quantitative estimate of drug-likeness (QED) is 0.583. The average Bonchev–Trinajstić information content (AvgIpc) is 3.05. The first-order valence-electron chi connectivity index (χ1n) is 8.02. The van der Waals surface area contributed by atoms with Crippen molar-refractivity contribution in [1.82, 2.24) is 19.9 Å². The Bertz CT molecular complexity index is 1010. The lowest BCUT2D eigenvalue weighted by atomic mass is 10.1. The Labute approximate surface area is 144 Å². The first kappa shape index (κ1) is 15.3. The van der Waals surface area contributed by atoms with Crippen LogP contribution in [0.4, 0.5) is 10.2 Å². The van der Waals surface area contributed by atoms with Gasteiger partial charge in [0.15, 0.2) is 5.82 Å². The third kappa shape index (κ3) is 3.33. The summed E-state index contributed by atoms with van der Waals surface area (Å²) in [6.07, 6.45) is 7.27. The molecule has 4 aromatic rings. The van der Waals surface area contributed by atoms with Gasteiger partial charge in [-0.25, -0.2) is 14.4 Å². The van der Waals surface area contributed by atoms with Crippen molar-refractivity contribution in [3.8, 4) is 11.4 Å². The highest BCUT2D eigenvalue weighted by Crippen LogP contribution is 2.19. The number of para-hydroxylation sites is 1. The molecule has 2 N–H and O–H groups in total. The van der Waals surface area contributed by atoms with Crippen molar-refractivity contribution in [3.63, 3.8) is 0 Å². The zero-order chi connectivity index (χ0) is 17.1. The molecule has 3 heterocycles. The number of H-pyrrole nitrogens is 1. The number of nitrogens with one attached hydrogen (secondary N) is 2. The van der Waals surface area contributed by atoms with Crippen LogP contribution in [-0.2, 0) is 6.42 Å². The third-order valence-electron chi connectivity index (χ3n) is 3.99. The molecule has 0 bridgehead atoms. The summed E-state index contributed by atoms with van der Waals surface area (Å²) in [7, 11) is 0. The minimum atomic E-state index is -0.404. The molecule has 0 amide bonds. The average molecular weight is 333 g/mol. The number of aromatic nitrogens is 4. The van der Waals surface area contributed by atoms with Crippen molar-refractivity contribution in [2.45, 2.75) is 6.42 Å². The molecule has 0 unspecified atom stereocenters. The molecule has 4 rings (SSSR count). The summed E-state index contributed by atoms with van der Waals surface area (Å²) in [5.74, 6) is 0.747. The lowest BCUT2D eigenvalue weighted by Crippen LogP contribution is -2.07. The standard InChI is InChI=1S/C19H16FN5/c20-15-9-14(10-21-12-15)19-23-8-6-18(25-19)22-7-5-13-11-24-17-4-2-1-3-16(13)17/h1-4,6,8-12,24H,5,7H2,(H,22,23,25). The molecule has 1 aromatic carbocycles. The molecule has 0 saturated carbocycles. The second-order valence-corrected chi connectivity index (χ2v) is 5.69. The van der Waals surface area contributed by atoms with E-state index in [0.717, 1.165) is 24.7 Å². The van der Waals surface area contributed by atoms with Gasteiger partial charge >= 0.3 is 0 Å². The van der Waals surface area contributed by atoms with Gasteiger partial charge in [-0.1, -0.05) is 18.2 Å². The highest BCUT2D eigenvalue weighted by molar-refractivity contribution is 5.83. The maximum absolute atomic E-state index is 13.3. The third-order valence-corrected chi connectivity index (χ3v) is 3.99. The molecular weight excluding hydrogens is 317 g/mol. The number of nitrogens with zero attached hydrogens (tertiary/aromatic N) is 3. The summed E-state index contributed by atoms with van der Waals surface area (Å²) >= 11 is 0. The fourth-order valence-corrected chi connectivity index (χ4v) is 2.79. The number of pyridine rings is 1. The summed E-state index contributed by atoms with van der Waals surface area (Å²) in [5, 5.41) is 4.53. The van der Waals surface area contributed by atoms with Crippen LogP contribution in [-0.4, -0.2) is 26.5 Å². The summed E-state index contributed by atoms with van der Waals surface area (Å²) in [6.45, 7) is 0.736. The van der Waals surface area contributed by atoms with Crippen molar-refractivity contribution in [1.29, 1.82) is 0 Å². The number of anilines is 1. The van der Waals surface area contributed by atoms with Gasteiger partial charge in [0, 0.05) is 41.6 Å². The fraction of sp³-hybridized carbons (Fsp3) is 0.105. The number of aromatic amines is 1. The maximum atomic E-state index is 13.3. The van der Waals surface area contributed by atoms with E-state index in [0.29, 0.717) is 17.2 Å². The second kappa shape index (κ2) is 6.68. The lowest BCUT2D eigenvalue weighted by Gasteiger charge is -2.07. The molecule has 25 heavy (non-hydrogen) atoms. The fourth-order valence-electron chi connectivity index (χ4n) is 2.79. The maximum Gasteiger partial charge on any atom is 0.163 e. The molecule has 0 spiro atoms. The van der Waals surface area contributed by atoms with Crippen molar-refractivity contribution in [2.75, 3.05) is 11.9 Å². The van der Waals surface area contributed by atoms with Crippen molar-refractivity contribution < 1.29 is 4.39 Å². The SMILES string of the molecule is Fc1cncc(-c2nccc(NCCc3c[nH]c4ccccc34)n2)c1. The molecule has 0 atom stereocenters. The number of hydrogen-bond acceptors (Lipinski definition) is 4. The summed E-state index contributed by atoms with van der Waals surface area (Å²) in [4.78, 5) is 15.7. The summed E-state index contributed by atoms with van der Waals surface area (Å²) in [5.41, 5.74) is 2.95. The van der Waals surface area contributed by atoms with Crippen molar-refractivity contribution in [3.05, 3.63) is 72.6 Å². The second-order valence-electron chi connectivity index (χ2n) is 5.69. The van der Waals surface area contributed by atoms with E-state index in [4.69, 9.17) is 0 Å². The topological polar surface area (TPSA) is 66.5 Å². The largest absolute Gasteiger partial charge is 0.370 e. The van der Waals surface area contributed by atoms with Crippen LogP contribution in [0.1, 0.15) is 5.56 Å². The smallest absolute Gasteiger partial charge is 0.163 e. The van der Waals surface area contributed by atoms with E-state index in [1.165, 1.54) is 17.0 Å². The highest BCUT2D eigenvalue weighted by atomic mass is 19.1. The van der Waals surface area contributed by atoms with Crippen LogP contribution in [0.25, 0.3) is 22.3 Å². The normalized spacial score (nSPS) is 10.9. The van der Waals surface area contributed by atoms with Gasteiger partial charge in [-0.05, 0) is 30.2 Å². The van der Waals surface area contributed by atoms with Crippen LogP contribution < -0.4 is 5.32 Å². The Kier molecular flexibility index (Phi) is 4.08. The lowest BCUT2D eigenvalue weighted by molar-refractivity contribution is 0.622.